The fraction of sp³-hybridized carbons (Fsp3) is 0.167. The van der Waals surface area contributed by atoms with Crippen LogP contribution in [0, 0.1) is 0 Å². The second kappa shape index (κ2) is 3.08. The van der Waals surface area contributed by atoms with Crippen LogP contribution in [0.1, 0.15) is 0 Å². The van der Waals surface area contributed by atoms with Crippen molar-refractivity contribution in [3.63, 3.8) is 0 Å². The number of rotatable bonds is 1. The second-order valence-corrected chi connectivity index (χ2v) is 2.44. The fourth-order valence-electron chi connectivity index (χ4n) is 0.547. The lowest BCUT2D eigenvalue weighted by atomic mass is 10.5. The van der Waals surface area contributed by atoms with Gasteiger partial charge in [-0.25, -0.2) is 4.98 Å². The topological polar surface area (TPSA) is 22.1 Å². The van der Waals surface area contributed by atoms with Crippen LogP contribution in [0.25, 0.3) is 0 Å². The van der Waals surface area contributed by atoms with Gasteiger partial charge in [-0.15, -0.1) is 0 Å². The van der Waals surface area contributed by atoms with Crippen LogP contribution in [-0.2, 0) is 0 Å². The molecule has 1 aromatic rings. The normalized spacial score (nSPS) is 9.50. The van der Waals surface area contributed by atoms with Crippen molar-refractivity contribution >= 4 is 23.2 Å². The molecule has 0 amide bonds. The molecule has 0 fully saturated rings. The van der Waals surface area contributed by atoms with E-state index in [1.54, 1.807) is 6.07 Å². The predicted molar refractivity (Wildman–Crippen MR) is 40.8 cm³/mol. The number of nitrogens with zero attached hydrogens (tertiary/aromatic N) is 1. The number of hydrogen-bond donors (Lipinski definition) is 0. The summed E-state index contributed by atoms with van der Waals surface area (Å²) in [6, 6.07) is 1.61. The molecule has 0 atom stereocenters. The molecule has 4 heteroatoms. The van der Waals surface area contributed by atoms with Crippen molar-refractivity contribution in [1.82, 2.24) is 4.98 Å². The first-order valence-corrected chi connectivity index (χ1v) is 3.34. The zero-order chi connectivity index (χ0) is 7.56. The van der Waals surface area contributed by atoms with Gasteiger partial charge in [0.2, 0.25) is 0 Å². The summed E-state index contributed by atoms with van der Waals surface area (Å²) >= 11 is 11.2. The Morgan fingerprint density at radius 1 is 1.50 bits per heavy atom. The summed E-state index contributed by atoms with van der Waals surface area (Å²) in [4.78, 5) is 3.76. The van der Waals surface area contributed by atoms with Gasteiger partial charge in [0.1, 0.15) is 0 Å². The minimum Gasteiger partial charge on any atom is -0.493 e. The number of aromatic nitrogens is 1. The van der Waals surface area contributed by atoms with Crippen molar-refractivity contribution in [1.29, 1.82) is 0 Å². The van der Waals surface area contributed by atoms with Crippen molar-refractivity contribution in [3.05, 3.63) is 22.4 Å². The van der Waals surface area contributed by atoms with Crippen molar-refractivity contribution < 1.29 is 4.74 Å². The van der Waals surface area contributed by atoms with Gasteiger partial charge in [-0.2, -0.15) is 0 Å². The molecule has 0 aliphatic rings. The minimum atomic E-state index is 0.326. The Kier molecular flexibility index (Phi) is 2.35. The summed E-state index contributed by atoms with van der Waals surface area (Å²) in [6.07, 6.45) is 1.46. The van der Waals surface area contributed by atoms with Crippen molar-refractivity contribution in [2.45, 2.75) is 0 Å². The highest BCUT2D eigenvalue weighted by atomic mass is 35.5. The molecule has 0 spiro atoms. The molecule has 10 heavy (non-hydrogen) atoms. The summed E-state index contributed by atoms with van der Waals surface area (Å²) in [7, 11) is 1.51. The van der Waals surface area contributed by atoms with Crippen molar-refractivity contribution in [2.24, 2.45) is 0 Å². The molecule has 0 aliphatic heterocycles. The van der Waals surface area contributed by atoms with Gasteiger partial charge in [0.05, 0.1) is 12.1 Å². The van der Waals surface area contributed by atoms with Crippen molar-refractivity contribution in [2.75, 3.05) is 7.11 Å². The van der Waals surface area contributed by atoms with Gasteiger partial charge in [0.15, 0.2) is 10.9 Å². The van der Waals surface area contributed by atoms with E-state index < -0.39 is 0 Å². The Morgan fingerprint density at radius 2 is 2.20 bits per heavy atom. The molecule has 0 N–H and O–H groups in total. The molecule has 2 nitrogen and oxygen atoms in total. The highest BCUT2D eigenvalue weighted by Crippen LogP contribution is 2.23. The number of halogens is 2. The number of pyridine rings is 1. The third-order valence-corrected chi connectivity index (χ3v) is 1.48. The fourth-order valence-corrected chi connectivity index (χ4v) is 0.876. The number of methoxy groups -OCH3 is 1. The Bertz CT molecular complexity index is 239. The Morgan fingerprint density at radius 3 is 2.70 bits per heavy atom. The lowest BCUT2D eigenvalue weighted by Crippen LogP contribution is -1.85. The van der Waals surface area contributed by atoms with Gasteiger partial charge in [-0.05, 0) is 0 Å². The summed E-state index contributed by atoms with van der Waals surface area (Å²) in [6.45, 7) is 0. The summed E-state index contributed by atoms with van der Waals surface area (Å²) in [5.41, 5.74) is 0. The van der Waals surface area contributed by atoms with Crippen LogP contribution < -0.4 is 4.74 Å². The first kappa shape index (κ1) is 7.63. The summed E-state index contributed by atoms with van der Waals surface area (Å²) in [5.74, 6) is 0.495. The van der Waals surface area contributed by atoms with E-state index in [0.29, 0.717) is 15.9 Å². The second-order valence-electron chi connectivity index (χ2n) is 1.65. The van der Waals surface area contributed by atoms with E-state index in [1.165, 1.54) is 13.3 Å². The lowest BCUT2D eigenvalue weighted by molar-refractivity contribution is 0.413. The monoisotopic (exact) mass is 177 g/mol. The van der Waals surface area contributed by atoms with Crippen LogP contribution in [0.5, 0.6) is 5.75 Å². The van der Waals surface area contributed by atoms with Gasteiger partial charge in [-0.3, -0.25) is 0 Å². The SMILES string of the molecule is COc1cc(Cl)cnc1Cl. The minimum absolute atomic E-state index is 0.326. The Balaban J connectivity index is 3.09. The van der Waals surface area contributed by atoms with E-state index in [2.05, 4.69) is 4.98 Å². The van der Waals surface area contributed by atoms with Crippen LogP contribution in [0.4, 0.5) is 0 Å². The smallest absolute Gasteiger partial charge is 0.171 e. The molecule has 0 unspecified atom stereocenters. The third kappa shape index (κ3) is 1.52. The standard InChI is InChI=1S/C6H5Cl2NO/c1-10-5-2-4(7)3-9-6(5)8/h2-3H,1H3. The van der Waals surface area contributed by atoms with Gasteiger partial charge in [0.25, 0.3) is 0 Å². The highest BCUT2D eigenvalue weighted by Gasteiger charge is 2.00. The van der Waals surface area contributed by atoms with Crippen LogP contribution in [0.15, 0.2) is 12.3 Å². The molecule has 1 rings (SSSR count). The molecule has 1 aromatic heterocycles. The first-order valence-electron chi connectivity index (χ1n) is 2.59. The molecule has 0 aromatic carbocycles. The average molecular weight is 178 g/mol. The Hall–Kier alpha value is -0.470. The van der Waals surface area contributed by atoms with Crippen LogP contribution in [0.3, 0.4) is 0 Å². The van der Waals surface area contributed by atoms with Gasteiger partial charge in [-0.1, -0.05) is 23.2 Å². The van der Waals surface area contributed by atoms with Crippen molar-refractivity contribution in [3.8, 4) is 5.75 Å². The molecule has 1 heterocycles. The molecule has 0 radical (unpaired) electrons. The number of hydrogen-bond acceptors (Lipinski definition) is 2. The average Bonchev–Trinajstić information content (AvgIpc) is 1.94. The van der Waals surface area contributed by atoms with E-state index in [9.17, 15) is 0 Å². The van der Waals surface area contributed by atoms with Crippen LogP contribution >= 0.6 is 23.2 Å². The first-order chi connectivity index (χ1) is 4.74. The van der Waals surface area contributed by atoms with Crippen LogP contribution in [0.2, 0.25) is 10.2 Å². The van der Waals surface area contributed by atoms with Crippen LogP contribution in [-0.4, -0.2) is 12.1 Å². The Labute approximate surface area is 68.7 Å². The largest absolute Gasteiger partial charge is 0.493 e. The maximum absolute atomic E-state index is 5.60. The molecule has 0 aliphatic carbocycles. The molecule has 0 bridgehead atoms. The van der Waals surface area contributed by atoms with Gasteiger partial charge >= 0.3 is 0 Å². The zero-order valence-electron chi connectivity index (χ0n) is 5.27. The molecule has 54 valence electrons. The van der Waals surface area contributed by atoms with E-state index in [0.717, 1.165) is 0 Å². The number of ether oxygens (including phenoxy) is 1. The molecule has 0 saturated heterocycles. The predicted octanol–water partition coefficient (Wildman–Crippen LogP) is 2.40. The molecular weight excluding hydrogens is 173 g/mol. The van der Waals surface area contributed by atoms with E-state index >= 15 is 0 Å². The lowest BCUT2D eigenvalue weighted by Gasteiger charge is -1.99. The van der Waals surface area contributed by atoms with Gasteiger partial charge in [0, 0.05) is 12.3 Å². The van der Waals surface area contributed by atoms with E-state index in [1.807, 2.05) is 0 Å². The van der Waals surface area contributed by atoms with E-state index in [-0.39, 0.29) is 0 Å². The van der Waals surface area contributed by atoms with E-state index in [4.69, 9.17) is 27.9 Å². The quantitative estimate of drug-likeness (QED) is 0.616. The zero-order valence-corrected chi connectivity index (χ0v) is 6.78. The van der Waals surface area contributed by atoms with Gasteiger partial charge < -0.3 is 4.74 Å². The highest BCUT2D eigenvalue weighted by molar-refractivity contribution is 6.33. The molecular formula is C6H5Cl2NO. The maximum atomic E-state index is 5.60. The summed E-state index contributed by atoms with van der Waals surface area (Å²) in [5, 5.41) is 0.841. The molecule has 0 saturated carbocycles. The maximum Gasteiger partial charge on any atom is 0.171 e. The third-order valence-electron chi connectivity index (χ3n) is 0.993. The summed E-state index contributed by atoms with van der Waals surface area (Å²) < 4.78 is 4.85.